The molecule has 0 radical (unpaired) electrons. The number of pyridine rings is 1. The van der Waals surface area contributed by atoms with Gasteiger partial charge in [-0.05, 0) is 25.3 Å². The number of aromatic nitrogens is 2. The van der Waals surface area contributed by atoms with Gasteiger partial charge in [-0.15, -0.1) is 0 Å². The summed E-state index contributed by atoms with van der Waals surface area (Å²) in [5.74, 6) is 0.727. The van der Waals surface area contributed by atoms with Crippen LogP contribution in [0.4, 0.5) is 0 Å². The van der Waals surface area contributed by atoms with Crippen molar-refractivity contribution in [3.05, 3.63) is 39.9 Å². The third kappa shape index (κ3) is 1.23. The SMILES string of the molecule is COc1ccn2c(=O)c3c(nc2c1)CCC3. The quantitative estimate of drug-likeness (QED) is 0.719. The van der Waals surface area contributed by atoms with E-state index in [0.717, 1.165) is 36.3 Å². The molecule has 2 aromatic rings. The fourth-order valence-electron chi connectivity index (χ4n) is 2.22. The van der Waals surface area contributed by atoms with E-state index in [-0.39, 0.29) is 5.56 Å². The summed E-state index contributed by atoms with van der Waals surface area (Å²) in [6.07, 6.45) is 4.53. The first-order chi connectivity index (χ1) is 7.79. The highest BCUT2D eigenvalue weighted by molar-refractivity contribution is 5.46. The molecule has 4 heteroatoms. The molecule has 0 spiro atoms. The van der Waals surface area contributed by atoms with Crippen LogP contribution in [-0.4, -0.2) is 16.5 Å². The average Bonchev–Trinajstić information content (AvgIpc) is 2.77. The zero-order valence-corrected chi connectivity index (χ0v) is 9.06. The van der Waals surface area contributed by atoms with E-state index >= 15 is 0 Å². The van der Waals surface area contributed by atoms with Crippen molar-refractivity contribution < 1.29 is 4.74 Å². The predicted molar refractivity (Wildman–Crippen MR) is 60.0 cm³/mol. The van der Waals surface area contributed by atoms with Crippen LogP contribution >= 0.6 is 0 Å². The van der Waals surface area contributed by atoms with Crippen LogP contribution in [0.2, 0.25) is 0 Å². The van der Waals surface area contributed by atoms with E-state index < -0.39 is 0 Å². The van der Waals surface area contributed by atoms with Gasteiger partial charge in [-0.2, -0.15) is 0 Å². The van der Waals surface area contributed by atoms with Gasteiger partial charge in [0.15, 0.2) is 0 Å². The minimum Gasteiger partial charge on any atom is -0.497 e. The standard InChI is InChI=1S/C12H12N2O2/c1-16-8-5-6-14-11(7-8)13-10-4-2-3-9(10)12(14)15/h5-7H,2-4H2,1H3. The summed E-state index contributed by atoms with van der Waals surface area (Å²) in [7, 11) is 1.61. The van der Waals surface area contributed by atoms with Crippen molar-refractivity contribution in [1.29, 1.82) is 0 Å². The Hall–Kier alpha value is -1.84. The van der Waals surface area contributed by atoms with Crippen LogP contribution in [0.5, 0.6) is 5.75 Å². The molecule has 0 N–H and O–H groups in total. The highest BCUT2D eigenvalue weighted by atomic mass is 16.5. The van der Waals surface area contributed by atoms with Crippen molar-refractivity contribution in [3.63, 3.8) is 0 Å². The molecule has 0 fully saturated rings. The largest absolute Gasteiger partial charge is 0.497 e. The number of ether oxygens (including phenoxy) is 1. The summed E-state index contributed by atoms with van der Waals surface area (Å²) >= 11 is 0. The maximum atomic E-state index is 12.1. The maximum Gasteiger partial charge on any atom is 0.261 e. The molecule has 2 aromatic heterocycles. The number of hydrogen-bond acceptors (Lipinski definition) is 3. The third-order valence-corrected chi connectivity index (χ3v) is 3.06. The monoisotopic (exact) mass is 216 g/mol. The highest BCUT2D eigenvalue weighted by Crippen LogP contribution is 2.18. The Balaban J connectivity index is 2.37. The van der Waals surface area contributed by atoms with Gasteiger partial charge in [0, 0.05) is 17.8 Å². The predicted octanol–water partition coefficient (Wildman–Crippen LogP) is 1.19. The van der Waals surface area contributed by atoms with Gasteiger partial charge in [0.05, 0.1) is 12.8 Å². The molecule has 0 bridgehead atoms. The second-order valence-electron chi connectivity index (χ2n) is 3.99. The molecule has 0 aliphatic heterocycles. The van der Waals surface area contributed by atoms with Crippen molar-refractivity contribution in [2.75, 3.05) is 7.11 Å². The third-order valence-electron chi connectivity index (χ3n) is 3.06. The first kappa shape index (κ1) is 9.39. The van der Waals surface area contributed by atoms with Crippen LogP contribution < -0.4 is 10.3 Å². The Morgan fingerprint density at radius 2 is 2.31 bits per heavy atom. The van der Waals surface area contributed by atoms with Crippen LogP contribution in [0.15, 0.2) is 23.1 Å². The Labute approximate surface area is 92.5 Å². The minimum absolute atomic E-state index is 0.0696. The Morgan fingerprint density at radius 1 is 1.44 bits per heavy atom. The van der Waals surface area contributed by atoms with Gasteiger partial charge in [-0.25, -0.2) is 4.98 Å². The second kappa shape index (κ2) is 3.33. The van der Waals surface area contributed by atoms with E-state index in [0.29, 0.717) is 5.65 Å². The average molecular weight is 216 g/mol. The van der Waals surface area contributed by atoms with Crippen molar-refractivity contribution in [3.8, 4) is 5.75 Å². The van der Waals surface area contributed by atoms with Crippen molar-refractivity contribution in [1.82, 2.24) is 9.38 Å². The van der Waals surface area contributed by atoms with Gasteiger partial charge < -0.3 is 4.74 Å². The molecule has 3 rings (SSSR count). The highest BCUT2D eigenvalue weighted by Gasteiger charge is 2.17. The van der Waals surface area contributed by atoms with Gasteiger partial charge in [0.2, 0.25) is 0 Å². The first-order valence-electron chi connectivity index (χ1n) is 5.38. The van der Waals surface area contributed by atoms with Crippen LogP contribution in [0.1, 0.15) is 17.7 Å². The van der Waals surface area contributed by atoms with Gasteiger partial charge in [0.1, 0.15) is 11.4 Å². The zero-order chi connectivity index (χ0) is 11.1. The number of nitrogens with zero attached hydrogens (tertiary/aromatic N) is 2. The molecule has 0 saturated heterocycles. The fraction of sp³-hybridized carbons (Fsp3) is 0.333. The minimum atomic E-state index is 0.0696. The summed E-state index contributed by atoms with van der Waals surface area (Å²) in [6.45, 7) is 0. The van der Waals surface area contributed by atoms with Gasteiger partial charge in [-0.3, -0.25) is 9.20 Å². The number of methoxy groups -OCH3 is 1. The van der Waals surface area contributed by atoms with Gasteiger partial charge in [-0.1, -0.05) is 0 Å². The van der Waals surface area contributed by atoms with Crippen molar-refractivity contribution in [2.45, 2.75) is 19.3 Å². The van der Waals surface area contributed by atoms with E-state index in [2.05, 4.69) is 4.98 Å². The molecule has 82 valence electrons. The maximum absolute atomic E-state index is 12.1. The molecule has 1 aliphatic rings. The molecule has 0 atom stereocenters. The number of aryl methyl sites for hydroxylation is 1. The van der Waals surface area contributed by atoms with E-state index in [4.69, 9.17) is 4.74 Å². The molecule has 0 saturated carbocycles. The van der Waals surface area contributed by atoms with Gasteiger partial charge >= 0.3 is 0 Å². The molecule has 0 aromatic carbocycles. The normalized spacial score (nSPS) is 14.1. The molecule has 0 amide bonds. The Kier molecular flexibility index (Phi) is 1.96. The summed E-state index contributed by atoms with van der Waals surface area (Å²) in [5.41, 5.74) is 2.58. The zero-order valence-electron chi connectivity index (χ0n) is 9.06. The molecule has 0 unspecified atom stereocenters. The molecule has 1 aliphatic carbocycles. The summed E-state index contributed by atoms with van der Waals surface area (Å²) in [4.78, 5) is 16.6. The van der Waals surface area contributed by atoms with E-state index in [1.807, 2.05) is 0 Å². The lowest BCUT2D eigenvalue weighted by Gasteiger charge is -2.05. The lowest BCUT2D eigenvalue weighted by Crippen LogP contribution is -2.19. The van der Waals surface area contributed by atoms with E-state index in [1.54, 1.807) is 29.8 Å². The van der Waals surface area contributed by atoms with E-state index in [1.165, 1.54) is 0 Å². The lowest BCUT2D eigenvalue weighted by atomic mass is 10.2. The fourth-order valence-corrected chi connectivity index (χ4v) is 2.22. The van der Waals surface area contributed by atoms with Crippen LogP contribution in [0.25, 0.3) is 5.65 Å². The topological polar surface area (TPSA) is 43.6 Å². The van der Waals surface area contributed by atoms with Crippen molar-refractivity contribution in [2.24, 2.45) is 0 Å². The summed E-state index contributed by atoms with van der Waals surface area (Å²) in [5, 5.41) is 0. The molecular formula is C12H12N2O2. The first-order valence-corrected chi connectivity index (χ1v) is 5.38. The molecular weight excluding hydrogens is 204 g/mol. The number of fused-ring (bicyclic) bond motifs is 2. The molecule has 4 nitrogen and oxygen atoms in total. The second-order valence-corrected chi connectivity index (χ2v) is 3.99. The van der Waals surface area contributed by atoms with Crippen molar-refractivity contribution >= 4 is 5.65 Å². The number of hydrogen-bond donors (Lipinski definition) is 0. The lowest BCUT2D eigenvalue weighted by molar-refractivity contribution is 0.414. The van der Waals surface area contributed by atoms with Gasteiger partial charge in [0.25, 0.3) is 5.56 Å². The van der Waals surface area contributed by atoms with Crippen LogP contribution in [-0.2, 0) is 12.8 Å². The Bertz CT molecular complexity index is 616. The van der Waals surface area contributed by atoms with E-state index in [9.17, 15) is 4.79 Å². The molecule has 2 heterocycles. The van der Waals surface area contributed by atoms with Crippen LogP contribution in [0, 0.1) is 0 Å². The Morgan fingerprint density at radius 3 is 3.12 bits per heavy atom. The van der Waals surface area contributed by atoms with Crippen LogP contribution in [0.3, 0.4) is 0 Å². The smallest absolute Gasteiger partial charge is 0.261 e. The molecule has 16 heavy (non-hydrogen) atoms. The summed E-state index contributed by atoms with van der Waals surface area (Å²) in [6, 6.07) is 3.57. The summed E-state index contributed by atoms with van der Waals surface area (Å²) < 4.78 is 6.72. The number of rotatable bonds is 1.